The van der Waals surface area contributed by atoms with Crippen LogP contribution in [0.15, 0.2) is 47.9 Å². The van der Waals surface area contributed by atoms with Crippen LogP contribution in [0.4, 0.5) is 0 Å². The molecule has 1 aliphatic carbocycles. The van der Waals surface area contributed by atoms with Crippen LogP contribution in [0.3, 0.4) is 0 Å². The van der Waals surface area contributed by atoms with Crippen molar-refractivity contribution in [3.8, 4) is 0 Å². The van der Waals surface area contributed by atoms with E-state index in [2.05, 4.69) is 17.5 Å². The number of rotatable bonds is 0. The molecule has 1 aliphatic heterocycles. The second-order valence-corrected chi connectivity index (χ2v) is 2.00. The maximum absolute atomic E-state index is 4.14. The molecule has 1 heterocycles. The van der Waals surface area contributed by atoms with Gasteiger partial charge in [0.1, 0.15) is 0 Å². The van der Waals surface area contributed by atoms with Gasteiger partial charge in [0.2, 0.25) is 0 Å². The SMILES string of the molecule is C1=C[N]C2=CC=CC2=C1. The predicted molar refractivity (Wildman–Crippen MR) is 36.6 cm³/mol. The maximum atomic E-state index is 4.14. The van der Waals surface area contributed by atoms with E-state index in [4.69, 9.17) is 0 Å². The lowest BCUT2D eigenvalue weighted by molar-refractivity contribution is 1.06. The first kappa shape index (κ1) is 4.62. The Bertz CT molecular complexity index is 241. The zero-order valence-electron chi connectivity index (χ0n) is 4.91. The topological polar surface area (TPSA) is 14.1 Å². The number of nitrogens with zero attached hydrogens (tertiary/aromatic N) is 1. The van der Waals surface area contributed by atoms with Gasteiger partial charge in [-0.05, 0) is 12.2 Å². The maximum Gasteiger partial charge on any atom is 0.0701 e. The second-order valence-electron chi connectivity index (χ2n) is 2.00. The van der Waals surface area contributed by atoms with Gasteiger partial charge in [-0.2, -0.15) is 0 Å². The number of hydrogen-bond donors (Lipinski definition) is 0. The standard InChI is InChI=1S/C8H6N/c1-3-7-4-2-6-9-8(7)5-1/h1-6H. The molecule has 0 saturated carbocycles. The van der Waals surface area contributed by atoms with Crippen molar-refractivity contribution in [2.45, 2.75) is 0 Å². The van der Waals surface area contributed by atoms with E-state index in [1.165, 1.54) is 5.57 Å². The van der Waals surface area contributed by atoms with Gasteiger partial charge in [-0.3, -0.25) is 5.32 Å². The van der Waals surface area contributed by atoms with Gasteiger partial charge in [0, 0.05) is 11.8 Å². The van der Waals surface area contributed by atoms with Crippen molar-refractivity contribution in [2.24, 2.45) is 0 Å². The van der Waals surface area contributed by atoms with Crippen LogP contribution in [0.5, 0.6) is 0 Å². The van der Waals surface area contributed by atoms with Crippen LogP contribution in [0, 0.1) is 0 Å². The third kappa shape index (κ3) is 0.617. The molecule has 0 unspecified atom stereocenters. The Labute approximate surface area is 54.1 Å². The Morgan fingerprint density at radius 2 is 2.11 bits per heavy atom. The van der Waals surface area contributed by atoms with Gasteiger partial charge in [-0.15, -0.1) is 0 Å². The van der Waals surface area contributed by atoms with Crippen molar-refractivity contribution in [1.29, 1.82) is 0 Å². The molecule has 0 N–H and O–H groups in total. The summed E-state index contributed by atoms with van der Waals surface area (Å²) in [7, 11) is 0. The van der Waals surface area contributed by atoms with Crippen molar-refractivity contribution in [3.63, 3.8) is 0 Å². The lowest BCUT2D eigenvalue weighted by Crippen LogP contribution is -1.98. The summed E-state index contributed by atoms with van der Waals surface area (Å²) in [4.78, 5) is 0. The van der Waals surface area contributed by atoms with Crippen molar-refractivity contribution < 1.29 is 0 Å². The van der Waals surface area contributed by atoms with Crippen LogP contribution >= 0.6 is 0 Å². The molecule has 1 nitrogen and oxygen atoms in total. The highest BCUT2D eigenvalue weighted by molar-refractivity contribution is 5.50. The Morgan fingerprint density at radius 1 is 1.11 bits per heavy atom. The molecule has 1 heteroatoms. The van der Waals surface area contributed by atoms with Crippen molar-refractivity contribution in [1.82, 2.24) is 5.32 Å². The van der Waals surface area contributed by atoms with Gasteiger partial charge in [-0.25, -0.2) is 0 Å². The monoisotopic (exact) mass is 116 g/mol. The van der Waals surface area contributed by atoms with Gasteiger partial charge in [0.25, 0.3) is 0 Å². The minimum absolute atomic E-state index is 1.08. The quantitative estimate of drug-likeness (QED) is 0.455. The van der Waals surface area contributed by atoms with E-state index in [9.17, 15) is 0 Å². The molecule has 0 atom stereocenters. The third-order valence-corrected chi connectivity index (χ3v) is 1.40. The van der Waals surface area contributed by atoms with Gasteiger partial charge < -0.3 is 0 Å². The van der Waals surface area contributed by atoms with Crippen LogP contribution in [-0.2, 0) is 0 Å². The molecule has 0 bridgehead atoms. The van der Waals surface area contributed by atoms with Crippen LogP contribution in [-0.4, -0.2) is 0 Å². The fourth-order valence-corrected chi connectivity index (χ4v) is 0.953. The zero-order chi connectivity index (χ0) is 6.10. The molecule has 0 aromatic heterocycles. The number of fused-ring (bicyclic) bond motifs is 1. The summed E-state index contributed by atoms with van der Waals surface area (Å²) >= 11 is 0. The molecule has 0 amide bonds. The van der Waals surface area contributed by atoms with Crippen LogP contribution in [0.2, 0.25) is 0 Å². The van der Waals surface area contributed by atoms with E-state index in [-0.39, 0.29) is 0 Å². The summed E-state index contributed by atoms with van der Waals surface area (Å²) < 4.78 is 0. The highest BCUT2D eigenvalue weighted by Crippen LogP contribution is 2.18. The number of allylic oxidation sites excluding steroid dienone is 5. The highest BCUT2D eigenvalue weighted by atomic mass is 14.9. The molecule has 1 radical (unpaired) electrons. The molecule has 0 saturated heterocycles. The van der Waals surface area contributed by atoms with E-state index in [1.54, 1.807) is 0 Å². The fourth-order valence-electron chi connectivity index (χ4n) is 0.953. The van der Waals surface area contributed by atoms with Crippen LogP contribution in [0.25, 0.3) is 0 Å². The average molecular weight is 116 g/mol. The molecule has 0 fully saturated rings. The van der Waals surface area contributed by atoms with Crippen molar-refractivity contribution in [3.05, 3.63) is 47.9 Å². The van der Waals surface area contributed by atoms with Gasteiger partial charge >= 0.3 is 0 Å². The third-order valence-electron chi connectivity index (χ3n) is 1.40. The first-order valence-corrected chi connectivity index (χ1v) is 2.93. The van der Waals surface area contributed by atoms with Gasteiger partial charge in [-0.1, -0.05) is 18.2 Å². The summed E-state index contributed by atoms with van der Waals surface area (Å²) in [5, 5.41) is 4.14. The minimum atomic E-state index is 1.08. The Balaban J connectivity index is 2.46. The second kappa shape index (κ2) is 1.62. The Hall–Kier alpha value is -1.24. The summed E-state index contributed by atoms with van der Waals surface area (Å²) in [5.41, 5.74) is 2.30. The first-order chi connectivity index (χ1) is 4.47. The summed E-state index contributed by atoms with van der Waals surface area (Å²) in [6.07, 6.45) is 11.9. The normalized spacial score (nSPS) is 20.4. The largest absolute Gasteiger partial charge is 0.256 e. The van der Waals surface area contributed by atoms with E-state index >= 15 is 0 Å². The molecular weight excluding hydrogens is 110 g/mol. The molecule has 2 aliphatic rings. The summed E-state index contributed by atoms with van der Waals surface area (Å²) in [5.74, 6) is 0. The lowest BCUT2D eigenvalue weighted by Gasteiger charge is -2.03. The van der Waals surface area contributed by atoms with Crippen LogP contribution in [0.1, 0.15) is 0 Å². The molecule has 0 aromatic rings. The lowest BCUT2D eigenvalue weighted by atomic mass is 10.2. The number of hydrogen-bond acceptors (Lipinski definition) is 0. The molecule has 0 spiro atoms. The summed E-state index contributed by atoms with van der Waals surface area (Å²) in [6.45, 7) is 0. The fraction of sp³-hybridized carbons (Fsp3) is 0. The van der Waals surface area contributed by atoms with E-state index in [0.29, 0.717) is 0 Å². The Kier molecular flexibility index (Phi) is 0.833. The molecule has 43 valence electrons. The van der Waals surface area contributed by atoms with Crippen molar-refractivity contribution >= 4 is 0 Å². The van der Waals surface area contributed by atoms with E-state index in [0.717, 1.165) is 5.70 Å². The Morgan fingerprint density at radius 3 is 3.00 bits per heavy atom. The van der Waals surface area contributed by atoms with Crippen LogP contribution < -0.4 is 5.32 Å². The molecule has 0 aromatic carbocycles. The molecular formula is C8H6N. The van der Waals surface area contributed by atoms with Crippen molar-refractivity contribution in [2.75, 3.05) is 0 Å². The highest BCUT2D eigenvalue weighted by Gasteiger charge is 2.06. The van der Waals surface area contributed by atoms with E-state index in [1.807, 2.05) is 24.4 Å². The average Bonchev–Trinajstić information content (AvgIpc) is 2.33. The van der Waals surface area contributed by atoms with E-state index < -0.39 is 0 Å². The zero-order valence-corrected chi connectivity index (χ0v) is 4.91. The smallest absolute Gasteiger partial charge is 0.0701 e. The minimum Gasteiger partial charge on any atom is -0.256 e. The summed E-state index contributed by atoms with van der Waals surface area (Å²) in [6, 6.07) is 0. The van der Waals surface area contributed by atoms with Gasteiger partial charge in [0.15, 0.2) is 0 Å². The molecule has 9 heavy (non-hydrogen) atoms. The predicted octanol–water partition coefficient (Wildman–Crippen LogP) is 1.50. The first-order valence-electron chi connectivity index (χ1n) is 2.93. The molecule has 2 rings (SSSR count). The van der Waals surface area contributed by atoms with Gasteiger partial charge in [0.05, 0.1) is 5.70 Å².